The number of primary amides is 1. The number of aromatic nitrogens is 3. The fraction of sp³-hybridized carbons (Fsp3) is 0.161. The van der Waals surface area contributed by atoms with Gasteiger partial charge in [0, 0.05) is 28.6 Å². The molecule has 2 amide bonds. The van der Waals surface area contributed by atoms with Crippen molar-refractivity contribution in [2.24, 2.45) is 5.73 Å². The zero-order valence-electron chi connectivity index (χ0n) is 23.4. The van der Waals surface area contributed by atoms with Crippen LogP contribution in [0.15, 0.2) is 71.3 Å². The number of aryl methyl sites for hydroxylation is 1. The highest BCUT2D eigenvalue weighted by molar-refractivity contribution is 7.21. The number of halogens is 3. The number of amides is 2. The number of alkyl halides is 3. The lowest BCUT2D eigenvalue weighted by Gasteiger charge is -2.12. The van der Waals surface area contributed by atoms with Crippen LogP contribution in [0.4, 0.5) is 18.9 Å². The SMILES string of the molecule is CCn1ncc(-c2cc(C(F)(F)F)nc3sc(C(N)=O)c(NC(=O)c4ccc(COc5cccc6ccccc56)o4)c23)c1C. The maximum Gasteiger partial charge on any atom is 0.433 e. The van der Waals surface area contributed by atoms with E-state index in [9.17, 15) is 22.8 Å². The first-order chi connectivity index (χ1) is 21.0. The van der Waals surface area contributed by atoms with Crippen LogP contribution in [0.1, 0.15) is 44.3 Å². The smallest absolute Gasteiger partial charge is 0.433 e. The van der Waals surface area contributed by atoms with Crippen molar-refractivity contribution in [1.82, 2.24) is 14.8 Å². The van der Waals surface area contributed by atoms with Crippen LogP contribution in [0, 0.1) is 6.92 Å². The highest BCUT2D eigenvalue weighted by atomic mass is 32.1. The Balaban J connectivity index is 1.35. The third-order valence-corrected chi connectivity index (χ3v) is 8.21. The minimum absolute atomic E-state index is 0.0319. The summed E-state index contributed by atoms with van der Waals surface area (Å²) >= 11 is 0.660. The van der Waals surface area contributed by atoms with Crippen LogP contribution < -0.4 is 15.8 Å². The average molecular weight is 620 g/mol. The summed E-state index contributed by atoms with van der Waals surface area (Å²) in [5, 5.41) is 8.96. The van der Waals surface area contributed by atoms with Gasteiger partial charge < -0.3 is 20.2 Å². The van der Waals surface area contributed by atoms with E-state index >= 15 is 0 Å². The Labute approximate surface area is 252 Å². The minimum atomic E-state index is -4.77. The van der Waals surface area contributed by atoms with E-state index in [2.05, 4.69) is 15.4 Å². The van der Waals surface area contributed by atoms with E-state index in [0.29, 0.717) is 40.6 Å². The fourth-order valence-corrected chi connectivity index (χ4v) is 6.01. The Morgan fingerprint density at radius 1 is 1.09 bits per heavy atom. The third-order valence-electron chi connectivity index (χ3n) is 7.11. The van der Waals surface area contributed by atoms with Gasteiger partial charge in [-0.15, -0.1) is 11.3 Å². The molecule has 0 atom stereocenters. The summed E-state index contributed by atoms with van der Waals surface area (Å²) in [6.45, 7) is 4.08. The minimum Gasteiger partial charge on any atom is -0.485 e. The highest BCUT2D eigenvalue weighted by Gasteiger charge is 2.35. The number of thiophene rings is 1. The predicted octanol–water partition coefficient (Wildman–Crippen LogP) is 7.18. The van der Waals surface area contributed by atoms with E-state index in [1.165, 1.54) is 12.3 Å². The molecule has 6 rings (SSSR count). The molecule has 9 nitrogen and oxygen atoms in total. The van der Waals surface area contributed by atoms with Crippen molar-refractivity contribution >= 4 is 49.8 Å². The van der Waals surface area contributed by atoms with Crippen molar-refractivity contribution in [3.8, 4) is 16.9 Å². The molecule has 0 saturated carbocycles. The molecule has 224 valence electrons. The Morgan fingerprint density at radius 3 is 2.59 bits per heavy atom. The van der Waals surface area contributed by atoms with E-state index in [0.717, 1.165) is 16.8 Å². The molecule has 3 N–H and O–H groups in total. The molecule has 0 aliphatic rings. The van der Waals surface area contributed by atoms with Gasteiger partial charge in [-0.25, -0.2) is 4.98 Å². The van der Waals surface area contributed by atoms with Gasteiger partial charge in [0.2, 0.25) is 0 Å². The van der Waals surface area contributed by atoms with E-state index in [-0.39, 0.29) is 38.7 Å². The molecule has 0 aliphatic carbocycles. The lowest BCUT2D eigenvalue weighted by Crippen LogP contribution is -2.16. The number of anilines is 1. The van der Waals surface area contributed by atoms with E-state index in [4.69, 9.17) is 14.9 Å². The summed E-state index contributed by atoms with van der Waals surface area (Å²) in [6.07, 6.45) is -3.33. The number of pyridine rings is 1. The van der Waals surface area contributed by atoms with Crippen LogP contribution in [0.2, 0.25) is 0 Å². The van der Waals surface area contributed by atoms with Gasteiger partial charge in [-0.1, -0.05) is 36.4 Å². The van der Waals surface area contributed by atoms with Gasteiger partial charge in [0.1, 0.15) is 33.5 Å². The Bertz CT molecular complexity index is 2060. The van der Waals surface area contributed by atoms with Crippen LogP contribution in [0.25, 0.3) is 32.1 Å². The Morgan fingerprint density at radius 2 is 1.86 bits per heavy atom. The van der Waals surface area contributed by atoms with Gasteiger partial charge in [-0.3, -0.25) is 14.3 Å². The summed E-state index contributed by atoms with van der Waals surface area (Å²) in [4.78, 5) is 29.3. The molecular weight excluding hydrogens is 595 g/mol. The molecular formula is C31H24F3N5O4S. The summed E-state index contributed by atoms with van der Waals surface area (Å²) in [5.41, 5.74) is 5.48. The van der Waals surface area contributed by atoms with Crippen LogP contribution >= 0.6 is 11.3 Å². The first-order valence-corrected chi connectivity index (χ1v) is 14.2. The second-order valence-corrected chi connectivity index (χ2v) is 10.8. The number of nitrogens with one attached hydrogen (secondary N) is 1. The summed E-state index contributed by atoms with van der Waals surface area (Å²) in [7, 11) is 0. The summed E-state index contributed by atoms with van der Waals surface area (Å²) < 4.78 is 54.9. The standard InChI is InChI=1S/C31H24F3N5O4S/c1-3-39-16(2)21(14-36-39)20-13-24(31(32,33)34)37-30-25(20)26(27(44-30)28(35)40)38-29(41)23-12-11-18(43-23)15-42-22-10-6-8-17-7-4-5-9-19(17)22/h4-14H,3,15H2,1-2H3,(H2,35,40)(H,38,41). The molecule has 0 fully saturated rings. The lowest BCUT2D eigenvalue weighted by molar-refractivity contribution is -0.140. The van der Waals surface area contributed by atoms with Gasteiger partial charge >= 0.3 is 6.18 Å². The molecule has 6 aromatic rings. The molecule has 0 spiro atoms. The van der Waals surface area contributed by atoms with Crippen molar-refractivity contribution < 1.29 is 31.9 Å². The highest BCUT2D eigenvalue weighted by Crippen LogP contribution is 2.44. The fourth-order valence-electron chi connectivity index (χ4n) is 5.00. The van der Waals surface area contributed by atoms with Gasteiger partial charge in [-0.05, 0) is 49.1 Å². The number of carbonyl (C=O) groups excluding carboxylic acids is 2. The number of rotatable bonds is 8. The first-order valence-electron chi connectivity index (χ1n) is 13.4. The number of benzene rings is 2. The number of nitrogens with two attached hydrogens (primary N) is 1. The first kappa shape index (κ1) is 28.9. The maximum atomic E-state index is 13.9. The zero-order valence-corrected chi connectivity index (χ0v) is 24.2. The number of ether oxygens (including phenoxy) is 1. The Kier molecular flexibility index (Phi) is 7.33. The van der Waals surface area contributed by atoms with Crippen molar-refractivity contribution in [2.45, 2.75) is 33.2 Å². The molecule has 0 aliphatic heterocycles. The van der Waals surface area contributed by atoms with Crippen LogP contribution in [-0.4, -0.2) is 26.6 Å². The number of hydrogen-bond acceptors (Lipinski definition) is 7. The molecule has 0 unspecified atom stereocenters. The summed E-state index contributed by atoms with van der Waals surface area (Å²) in [5.74, 6) is -0.787. The second kappa shape index (κ2) is 11.2. The van der Waals surface area contributed by atoms with Crippen molar-refractivity contribution in [1.29, 1.82) is 0 Å². The predicted molar refractivity (Wildman–Crippen MR) is 160 cm³/mol. The number of fused-ring (bicyclic) bond motifs is 2. The molecule has 0 saturated heterocycles. The second-order valence-electron chi connectivity index (χ2n) is 9.85. The molecule has 0 bridgehead atoms. The monoisotopic (exact) mass is 619 g/mol. The van der Waals surface area contributed by atoms with Crippen molar-refractivity contribution in [3.05, 3.63) is 94.6 Å². The average Bonchev–Trinajstić information content (AvgIpc) is 3.72. The zero-order chi connectivity index (χ0) is 31.2. The van der Waals surface area contributed by atoms with Gasteiger partial charge in [0.05, 0.1) is 11.9 Å². The van der Waals surface area contributed by atoms with Gasteiger partial charge in [0.25, 0.3) is 11.8 Å². The van der Waals surface area contributed by atoms with Crippen molar-refractivity contribution in [3.63, 3.8) is 0 Å². The quantitative estimate of drug-likeness (QED) is 0.186. The number of hydrogen-bond donors (Lipinski definition) is 2. The Hall–Kier alpha value is -5.17. The van der Waals surface area contributed by atoms with Crippen LogP contribution in [-0.2, 0) is 19.3 Å². The van der Waals surface area contributed by atoms with Crippen LogP contribution in [0.5, 0.6) is 5.75 Å². The van der Waals surface area contributed by atoms with Crippen molar-refractivity contribution in [2.75, 3.05) is 5.32 Å². The molecule has 2 aromatic carbocycles. The molecule has 4 heterocycles. The number of carbonyl (C=O) groups is 2. The molecule has 0 radical (unpaired) electrons. The van der Waals surface area contributed by atoms with E-state index in [1.54, 1.807) is 17.7 Å². The van der Waals surface area contributed by atoms with E-state index < -0.39 is 23.7 Å². The van der Waals surface area contributed by atoms with Crippen LogP contribution in [0.3, 0.4) is 0 Å². The normalized spacial score (nSPS) is 11.8. The largest absolute Gasteiger partial charge is 0.485 e. The van der Waals surface area contributed by atoms with E-state index in [1.807, 2.05) is 49.4 Å². The van der Waals surface area contributed by atoms with Gasteiger partial charge in [-0.2, -0.15) is 18.3 Å². The summed E-state index contributed by atoms with van der Waals surface area (Å²) in [6, 6.07) is 17.3. The molecule has 4 aromatic heterocycles. The van der Waals surface area contributed by atoms with Gasteiger partial charge in [0.15, 0.2) is 5.76 Å². The maximum absolute atomic E-state index is 13.9. The molecule has 13 heteroatoms. The number of nitrogens with zero attached hydrogens (tertiary/aromatic N) is 3. The lowest BCUT2D eigenvalue weighted by atomic mass is 10.0. The third kappa shape index (κ3) is 5.26. The number of furan rings is 1. The molecule has 44 heavy (non-hydrogen) atoms. The topological polar surface area (TPSA) is 125 Å².